The van der Waals surface area contributed by atoms with Crippen molar-refractivity contribution in [3.05, 3.63) is 66.0 Å². The normalized spacial score (nSPS) is 10.3. The van der Waals surface area contributed by atoms with Gasteiger partial charge in [0.25, 0.3) is 5.91 Å². The van der Waals surface area contributed by atoms with Gasteiger partial charge < -0.3 is 10.6 Å². The number of likely N-dealkylation sites (N-methyl/N-ethyl adjacent to an activating group) is 1. The monoisotopic (exact) mass is 336 g/mol. The van der Waals surface area contributed by atoms with Crippen molar-refractivity contribution in [1.29, 1.82) is 0 Å². The molecule has 8 heteroatoms. The van der Waals surface area contributed by atoms with Gasteiger partial charge in [-0.25, -0.2) is 4.68 Å². The van der Waals surface area contributed by atoms with Crippen LogP contribution in [0.3, 0.4) is 0 Å². The molecule has 0 bridgehead atoms. The quantitative estimate of drug-likeness (QED) is 0.729. The van der Waals surface area contributed by atoms with Gasteiger partial charge in [-0.05, 0) is 46.3 Å². The zero-order chi connectivity index (χ0) is 17.6. The van der Waals surface area contributed by atoms with Gasteiger partial charge in [-0.15, -0.1) is 5.10 Å². The van der Waals surface area contributed by atoms with E-state index in [1.807, 2.05) is 12.1 Å². The summed E-state index contributed by atoms with van der Waals surface area (Å²) in [5.41, 5.74) is 2.71. The molecule has 0 aliphatic heterocycles. The zero-order valence-corrected chi connectivity index (χ0v) is 13.5. The number of carbonyl (C=O) groups excluding carboxylic acids is 2. The largest absolute Gasteiger partial charge is 0.359 e. The van der Waals surface area contributed by atoms with E-state index in [-0.39, 0.29) is 11.8 Å². The molecule has 25 heavy (non-hydrogen) atoms. The SMILES string of the molecule is CNC(=O)Cc1ccc(NC(=O)c2cccc(-n3cnnn3)c2)cc1. The second-order valence-electron chi connectivity index (χ2n) is 5.31. The molecule has 0 saturated heterocycles. The lowest BCUT2D eigenvalue weighted by atomic mass is 10.1. The first kappa shape index (κ1) is 16.3. The fourth-order valence-corrected chi connectivity index (χ4v) is 2.25. The number of carbonyl (C=O) groups is 2. The first-order chi connectivity index (χ1) is 12.2. The Morgan fingerprint density at radius 1 is 1.12 bits per heavy atom. The van der Waals surface area contributed by atoms with Gasteiger partial charge in [0.05, 0.1) is 12.1 Å². The van der Waals surface area contributed by atoms with E-state index < -0.39 is 0 Å². The molecule has 0 unspecified atom stereocenters. The Morgan fingerprint density at radius 3 is 2.60 bits per heavy atom. The Kier molecular flexibility index (Phi) is 4.79. The molecule has 2 N–H and O–H groups in total. The van der Waals surface area contributed by atoms with Crippen LogP contribution < -0.4 is 10.6 Å². The number of anilines is 1. The van der Waals surface area contributed by atoms with E-state index in [2.05, 4.69) is 26.2 Å². The smallest absolute Gasteiger partial charge is 0.255 e. The zero-order valence-electron chi connectivity index (χ0n) is 13.5. The average Bonchev–Trinajstić information content (AvgIpc) is 3.18. The van der Waals surface area contributed by atoms with Crippen molar-refractivity contribution >= 4 is 17.5 Å². The minimum Gasteiger partial charge on any atom is -0.359 e. The highest BCUT2D eigenvalue weighted by atomic mass is 16.2. The summed E-state index contributed by atoms with van der Waals surface area (Å²) in [5, 5.41) is 16.4. The lowest BCUT2D eigenvalue weighted by Gasteiger charge is -2.08. The third-order valence-electron chi connectivity index (χ3n) is 3.58. The number of amides is 2. The fourth-order valence-electron chi connectivity index (χ4n) is 2.25. The third-order valence-corrected chi connectivity index (χ3v) is 3.58. The Morgan fingerprint density at radius 2 is 1.92 bits per heavy atom. The molecule has 1 heterocycles. The number of nitrogens with zero attached hydrogens (tertiary/aromatic N) is 4. The van der Waals surface area contributed by atoms with Crippen LogP contribution in [0.25, 0.3) is 5.69 Å². The molecule has 0 aliphatic rings. The summed E-state index contributed by atoms with van der Waals surface area (Å²) in [5.74, 6) is -0.301. The predicted octanol–water partition coefficient (Wildman–Crippen LogP) is 1.20. The molecule has 3 aromatic rings. The molecule has 0 fully saturated rings. The van der Waals surface area contributed by atoms with Crippen LogP contribution in [0, 0.1) is 0 Å². The number of hydrogen-bond acceptors (Lipinski definition) is 5. The number of tetrazole rings is 1. The highest BCUT2D eigenvalue weighted by Crippen LogP contribution is 2.14. The van der Waals surface area contributed by atoms with Crippen LogP contribution in [-0.4, -0.2) is 39.1 Å². The van der Waals surface area contributed by atoms with Crippen molar-refractivity contribution < 1.29 is 9.59 Å². The molecule has 0 atom stereocenters. The number of nitrogens with one attached hydrogen (secondary N) is 2. The summed E-state index contributed by atoms with van der Waals surface area (Å²) >= 11 is 0. The third kappa shape index (κ3) is 4.05. The van der Waals surface area contributed by atoms with Crippen molar-refractivity contribution in [1.82, 2.24) is 25.5 Å². The Hall–Kier alpha value is -3.55. The minimum absolute atomic E-state index is 0.0591. The average molecular weight is 336 g/mol. The Bertz CT molecular complexity index is 874. The van der Waals surface area contributed by atoms with E-state index in [1.165, 1.54) is 11.0 Å². The second kappa shape index (κ2) is 7.35. The second-order valence-corrected chi connectivity index (χ2v) is 5.31. The van der Waals surface area contributed by atoms with E-state index in [9.17, 15) is 9.59 Å². The van der Waals surface area contributed by atoms with Gasteiger partial charge in [0.15, 0.2) is 0 Å². The molecule has 1 aromatic heterocycles. The van der Waals surface area contributed by atoms with Crippen LogP contribution in [0.1, 0.15) is 15.9 Å². The van der Waals surface area contributed by atoms with Gasteiger partial charge >= 0.3 is 0 Å². The van der Waals surface area contributed by atoms with E-state index in [1.54, 1.807) is 43.4 Å². The van der Waals surface area contributed by atoms with Crippen molar-refractivity contribution in [2.45, 2.75) is 6.42 Å². The molecule has 0 spiro atoms. The van der Waals surface area contributed by atoms with Crippen molar-refractivity contribution in [3.63, 3.8) is 0 Å². The van der Waals surface area contributed by atoms with Crippen LogP contribution in [0.5, 0.6) is 0 Å². The summed E-state index contributed by atoms with van der Waals surface area (Å²) < 4.78 is 1.48. The van der Waals surface area contributed by atoms with Crippen LogP contribution in [0.15, 0.2) is 54.9 Å². The fraction of sp³-hybridized carbons (Fsp3) is 0.118. The Labute approximate surface area is 143 Å². The standard InChI is InChI=1S/C17H16N6O2/c1-18-16(24)9-12-5-7-14(8-6-12)20-17(25)13-3-2-4-15(10-13)23-11-19-21-22-23/h2-8,10-11H,9H2,1H3,(H,18,24)(H,20,25). The molecule has 8 nitrogen and oxygen atoms in total. The lowest BCUT2D eigenvalue weighted by molar-refractivity contribution is -0.119. The van der Waals surface area contributed by atoms with Crippen LogP contribution in [0.4, 0.5) is 5.69 Å². The predicted molar refractivity (Wildman–Crippen MR) is 91.3 cm³/mol. The maximum absolute atomic E-state index is 12.4. The van der Waals surface area contributed by atoms with Crippen LogP contribution >= 0.6 is 0 Å². The van der Waals surface area contributed by atoms with Crippen molar-refractivity contribution in [2.75, 3.05) is 12.4 Å². The highest BCUT2D eigenvalue weighted by Gasteiger charge is 2.09. The van der Waals surface area contributed by atoms with Crippen molar-refractivity contribution in [3.8, 4) is 5.69 Å². The molecule has 2 amide bonds. The summed E-state index contributed by atoms with van der Waals surface area (Å²) in [4.78, 5) is 23.8. The Balaban J connectivity index is 1.70. The summed E-state index contributed by atoms with van der Waals surface area (Å²) in [6, 6.07) is 14.1. The molecule has 0 radical (unpaired) electrons. The number of hydrogen-bond donors (Lipinski definition) is 2. The first-order valence-electron chi connectivity index (χ1n) is 7.60. The van der Waals surface area contributed by atoms with Gasteiger partial charge in [0.1, 0.15) is 6.33 Å². The van der Waals surface area contributed by atoms with E-state index in [0.29, 0.717) is 23.4 Å². The van der Waals surface area contributed by atoms with Gasteiger partial charge in [0.2, 0.25) is 5.91 Å². The maximum atomic E-state index is 12.4. The number of rotatable bonds is 5. The van der Waals surface area contributed by atoms with Crippen molar-refractivity contribution in [2.24, 2.45) is 0 Å². The minimum atomic E-state index is -0.242. The summed E-state index contributed by atoms with van der Waals surface area (Å²) in [7, 11) is 1.60. The number of aromatic nitrogens is 4. The molecule has 3 rings (SSSR count). The molecular formula is C17H16N6O2. The van der Waals surface area contributed by atoms with Crippen LogP contribution in [0.2, 0.25) is 0 Å². The summed E-state index contributed by atoms with van der Waals surface area (Å²) in [6.07, 6.45) is 1.76. The highest BCUT2D eigenvalue weighted by molar-refractivity contribution is 6.04. The maximum Gasteiger partial charge on any atom is 0.255 e. The first-order valence-corrected chi connectivity index (χ1v) is 7.60. The molecule has 0 saturated carbocycles. The molecule has 126 valence electrons. The van der Waals surface area contributed by atoms with Gasteiger partial charge in [-0.1, -0.05) is 18.2 Å². The van der Waals surface area contributed by atoms with Gasteiger partial charge in [-0.2, -0.15) is 0 Å². The molecule has 0 aliphatic carbocycles. The van der Waals surface area contributed by atoms with Gasteiger partial charge in [0, 0.05) is 18.3 Å². The van der Waals surface area contributed by atoms with Crippen LogP contribution in [-0.2, 0) is 11.2 Å². The molecular weight excluding hydrogens is 320 g/mol. The van der Waals surface area contributed by atoms with E-state index >= 15 is 0 Å². The number of benzene rings is 2. The molecule has 2 aromatic carbocycles. The van der Waals surface area contributed by atoms with E-state index in [0.717, 1.165) is 5.56 Å². The van der Waals surface area contributed by atoms with E-state index in [4.69, 9.17) is 0 Å². The lowest BCUT2D eigenvalue weighted by Crippen LogP contribution is -2.19. The van der Waals surface area contributed by atoms with Gasteiger partial charge in [-0.3, -0.25) is 9.59 Å². The summed E-state index contributed by atoms with van der Waals surface area (Å²) in [6.45, 7) is 0. The topological polar surface area (TPSA) is 102 Å².